The summed E-state index contributed by atoms with van der Waals surface area (Å²) in [7, 11) is 0. The predicted molar refractivity (Wildman–Crippen MR) is 137 cm³/mol. The van der Waals surface area contributed by atoms with Crippen molar-refractivity contribution >= 4 is 16.9 Å². The normalized spacial score (nSPS) is 13.1. The summed E-state index contributed by atoms with van der Waals surface area (Å²) in [6.45, 7) is 3.42. The molecule has 36 heavy (non-hydrogen) atoms. The molecule has 8 heteroatoms. The molecule has 2 N–H and O–H groups in total. The summed E-state index contributed by atoms with van der Waals surface area (Å²) in [5.74, 6) is -0.116. The van der Waals surface area contributed by atoms with E-state index in [4.69, 9.17) is 4.74 Å². The van der Waals surface area contributed by atoms with E-state index in [0.717, 1.165) is 35.2 Å². The van der Waals surface area contributed by atoms with Gasteiger partial charge in [-0.15, -0.1) is 0 Å². The van der Waals surface area contributed by atoms with Crippen LogP contribution in [0.1, 0.15) is 58.4 Å². The van der Waals surface area contributed by atoms with Gasteiger partial charge in [0.15, 0.2) is 5.65 Å². The maximum Gasteiger partial charge on any atom is 0.329 e. The van der Waals surface area contributed by atoms with Gasteiger partial charge in [0, 0.05) is 24.7 Å². The number of hydrogen-bond donors (Lipinski definition) is 2. The van der Waals surface area contributed by atoms with Gasteiger partial charge in [0.25, 0.3) is 11.5 Å². The molecule has 4 aromatic rings. The molecule has 5 rings (SSSR count). The first-order valence-electron chi connectivity index (χ1n) is 12.2. The Morgan fingerprint density at radius 3 is 2.50 bits per heavy atom. The van der Waals surface area contributed by atoms with E-state index >= 15 is 0 Å². The molecule has 2 heterocycles. The highest BCUT2D eigenvalue weighted by Gasteiger charge is 2.28. The Morgan fingerprint density at radius 2 is 1.75 bits per heavy atom. The van der Waals surface area contributed by atoms with E-state index in [-0.39, 0.29) is 28.4 Å². The minimum atomic E-state index is -0.600. The van der Waals surface area contributed by atoms with Crippen molar-refractivity contribution in [2.75, 3.05) is 0 Å². The Kier molecular flexibility index (Phi) is 6.77. The van der Waals surface area contributed by atoms with Crippen molar-refractivity contribution in [2.24, 2.45) is 0 Å². The van der Waals surface area contributed by atoms with Crippen molar-refractivity contribution in [3.05, 3.63) is 109 Å². The average molecular weight is 485 g/mol. The van der Waals surface area contributed by atoms with E-state index in [9.17, 15) is 14.4 Å². The summed E-state index contributed by atoms with van der Waals surface area (Å²) >= 11 is 0. The smallest absolute Gasteiger partial charge is 0.329 e. The van der Waals surface area contributed by atoms with Crippen LogP contribution in [0.2, 0.25) is 0 Å². The molecule has 1 amide bonds. The van der Waals surface area contributed by atoms with E-state index in [1.54, 1.807) is 13.0 Å². The molecule has 2 aromatic heterocycles. The van der Waals surface area contributed by atoms with Crippen molar-refractivity contribution in [3.8, 4) is 0 Å². The second-order valence-corrected chi connectivity index (χ2v) is 9.05. The summed E-state index contributed by atoms with van der Waals surface area (Å²) in [6, 6.07) is 19.5. The van der Waals surface area contributed by atoms with Crippen LogP contribution in [0.4, 0.5) is 0 Å². The van der Waals surface area contributed by atoms with Crippen molar-refractivity contribution < 1.29 is 9.53 Å². The molecular formula is C28H28N4O4. The highest BCUT2D eigenvalue weighted by Crippen LogP contribution is 2.39. The summed E-state index contributed by atoms with van der Waals surface area (Å²) in [4.78, 5) is 45.2. The number of nitrogens with zero attached hydrogens (tertiary/aromatic N) is 2. The van der Waals surface area contributed by atoms with Crippen LogP contribution >= 0.6 is 0 Å². The van der Waals surface area contributed by atoms with Crippen LogP contribution in [0.15, 0.2) is 70.3 Å². The lowest BCUT2D eigenvalue weighted by atomic mass is 10.1. The molecule has 1 saturated carbocycles. The van der Waals surface area contributed by atoms with Crippen LogP contribution in [0.3, 0.4) is 0 Å². The Bertz CT molecular complexity index is 1520. The van der Waals surface area contributed by atoms with Crippen molar-refractivity contribution in [3.63, 3.8) is 0 Å². The number of fused-ring (bicyclic) bond motifs is 1. The minimum absolute atomic E-state index is 0.140. The second kappa shape index (κ2) is 10.3. The van der Waals surface area contributed by atoms with E-state index in [0.29, 0.717) is 26.3 Å². The topological polar surface area (TPSA) is 106 Å². The summed E-state index contributed by atoms with van der Waals surface area (Å²) in [5.41, 5.74) is 3.17. The molecule has 0 spiro atoms. The first-order chi connectivity index (χ1) is 17.5. The van der Waals surface area contributed by atoms with Gasteiger partial charge in [-0.25, -0.2) is 9.78 Å². The second-order valence-electron chi connectivity index (χ2n) is 9.05. The molecule has 1 aliphatic rings. The quantitative estimate of drug-likeness (QED) is 0.377. The van der Waals surface area contributed by atoms with Gasteiger partial charge in [0.2, 0.25) is 0 Å². The zero-order valence-corrected chi connectivity index (χ0v) is 20.1. The molecule has 0 unspecified atom stereocenters. The van der Waals surface area contributed by atoms with E-state index in [2.05, 4.69) is 15.3 Å². The standard InChI is InChI=1S/C28H28N4O4/c1-2-32-25-24(27(34)31-28(32)35)22(14-23(30-25)21-11-12-21)26(33)29-15-19-9-6-10-20(13-19)17-36-16-18-7-4-3-5-8-18/h3-10,13-14,21H,2,11-12,15-17H2,1H3,(H,29,33)(H,31,34,35). The molecule has 0 aliphatic heterocycles. The van der Waals surface area contributed by atoms with Crippen molar-refractivity contribution in [1.82, 2.24) is 19.9 Å². The van der Waals surface area contributed by atoms with Crippen LogP contribution in [-0.2, 0) is 31.0 Å². The van der Waals surface area contributed by atoms with Crippen LogP contribution in [0, 0.1) is 0 Å². The zero-order chi connectivity index (χ0) is 25.1. The maximum absolute atomic E-state index is 13.3. The fraction of sp³-hybridized carbons (Fsp3) is 0.286. The number of aromatic amines is 1. The molecule has 2 aromatic carbocycles. The van der Waals surface area contributed by atoms with Crippen LogP contribution in [0.25, 0.3) is 11.0 Å². The molecule has 184 valence electrons. The molecule has 0 atom stereocenters. The summed E-state index contributed by atoms with van der Waals surface area (Å²) in [5, 5.41) is 3.07. The first kappa shape index (κ1) is 23.7. The van der Waals surface area contributed by atoms with Crippen molar-refractivity contribution in [2.45, 2.75) is 52.0 Å². The zero-order valence-electron chi connectivity index (χ0n) is 20.1. The third-order valence-corrected chi connectivity index (χ3v) is 6.35. The number of nitrogens with one attached hydrogen (secondary N) is 2. The van der Waals surface area contributed by atoms with E-state index in [1.165, 1.54) is 4.57 Å². The lowest BCUT2D eigenvalue weighted by Crippen LogP contribution is -2.33. The number of amides is 1. The number of carbonyl (C=O) groups excluding carboxylic acids is 1. The van der Waals surface area contributed by atoms with Crippen molar-refractivity contribution in [1.29, 1.82) is 0 Å². The van der Waals surface area contributed by atoms with E-state index < -0.39 is 11.2 Å². The number of carbonyl (C=O) groups is 1. The molecule has 1 fully saturated rings. The molecular weight excluding hydrogens is 456 g/mol. The summed E-state index contributed by atoms with van der Waals surface area (Å²) in [6.07, 6.45) is 1.97. The number of H-pyrrole nitrogens is 1. The highest BCUT2D eigenvalue weighted by molar-refractivity contribution is 6.05. The fourth-order valence-corrected chi connectivity index (χ4v) is 4.32. The Balaban J connectivity index is 1.34. The molecule has 0 radical (unpaired) electrons. The maximum atomic E-state index is 13.3. The molecule has 0 bridgehead atoms. The number of aromatic nitrogens is 3. The highest BCUT2D eigenvalue weighted by atomic mass is 16.5. The lowest BCUT2D eigenvalue weighted by Gasteiger charge is -2.13. The predicted octanol–water partition coefficient (Wildman–Crippen LogP) is 3.63. The SMILES string of the molecule is CCn1c(=O)[nH]c(=O)c2c(C(=O)NCc3cccc(COCc4ccccc4)c3)cc(C3CC3)nc21. The van der Waals surface area contributed by atoms with Gasteiger partial charge < -0.3 is 10.1 Å². The minimum Gasteiger partial charge on any atom is -0.372 e. The van der Waals surface area contributed by atoms with Gasteiger partial charge in [-0.05, 0) is 42.5 Å². The van der Waals surface area contributed by atoms with Gasteiger partial charge in [-0.2, -0.15) is 0 Å². The Hall–Kier alpha value is -4.04. The van der Waals surface area contributed by atoms with Crippen LogP contribution in [-0.4, -0.2) is 20.4 Å². The number of rotatable bonds is 9. The number of aryl methyl sites for hydroxylation is 1. The molecule has 0 saturated heterocycles. The number of hydrogen-bond acceptors (Lipinski definition) is 5. The largest absolute Gasteiger partial charge is 0.372 e. The van der Waals surface area contributed by atoms with Gasteiger partial charge in [-0.1, -0.05) is 54.6 Å². The third kappa shape index (κ3) is 5.13. The number of pyridine rings is 1. The van der Waals surface area contributed by atoms with Crippen LogP contribution in [0.5, 0.6) is 0 Å². The molecule has 1 aliphatic carbocycles. The Labute approximate surface area is 208 Å². The van der Waals surface area contributed by atoms with Gasteiger partial charge >= 0.3 is 5.69 Å². The fourth-order valence-electron chi connectivity index (χ4n) is 4.32. The van der Waals surface area contributed by atoms with Crippen LogP contribution < -0.4 is 16.6 Å². The average Bonchev–Trinajstić information content (AvgIpc) is 3.73. The first-order valence-corrected chi connectivity index (χ1v) is 12.2. The van der Waals surface area contributed by atoms with Gasteiger partial charge in [0.1, 0.15) is 0 Å². The van der Waals surface area contributed by atoms with Gasteiger partial charge in [-0.3, -0.25) is 19.1 Å². The number of benzene rings is 2. The van der Waals surface area contributed by atoms with Gasteiger partial charge in [0.05, 0.1) is 24.2 Å². The summed E-state index contributed by atoms with van der Waals surface area (Å²) < 4.78 is 7.23. The third-order valence-electron chi connectivity index (χ3n) is 6.35. The van der Waals surface area contributed by atoms with E-state index in [1.807, 2.05) is 54.6 Å². The Morgan fingerprint density at radius 1 is 1.03 bits per heavy atom. The monoisotopic (exact) mass is 484 g/mol. The lowest BCUT2D eigenvalue weighted by molar-refractivity contribution is 0.0952. The number of ether oxygens (including phenoxy) is 1. The molecule has 8 nitrogen and oxygen atoms in total.